The summed E-state index contributed by atoms with van der Waals surface area (Å²) in [5.74, 6) is 0. The molecule has 0 spiro atoms. The summed E-state index contributed by atoms with van der Waals surface area (Å²) in [6.07, 6.45) is -9.52. The second kappa shape index (κ2) is 8.16. The number of anilines is 2. The zero-order valence-corrected chi connectivity index (χ0v) is 16.0. The van der Waals surface area contributed by atoms with Gasteiger partial charge in [-0.05, 0) is 24.3 Å². The Hall–Kier alpha value is -3.58. The van der Waals surface area contributed by atoms with Gasteiger partial charge in [0.25, 0.3) is 11.4 Å². The average Bonchev–Trinajstić information content (AvgIpc) is 2.71. The van der Waals surface area contributed by atoms with Gasteiger partial charge in [-0.1, -0.05) is 0 Å². The third-order valence-electron chi connectivity index (χ3n) is 4.96. The van der Waals surface area contributed by atoms with Crippen molar-refractivity contribution in [2.75, 3.05) is 36.0 Å². The van der Waals surface area contributed by atoms with Crippen LogP contribution < -0.4 is 9.80 Å². The first-order chi connectivity index (χ1) is 14.8. The summed E-state index contributed by atoms with van der Waals surface area (Å²) in [6, 6.07) is 4.27. The fraction of sp³-hybridized carbons (Fsp3) is 0.333. The van der Waals surface area contributed by atoms with E-state index >= 15 is 0 Å². The van der Waals surface area contributed by atoms with E-state index < -0.39 is 44.7 Å². The number of halogens is 6. The Morgan fingerprint density at radius 3 is 1.22 bits per heavy atom. The molecular formula is C18H14F6N4O4. The fourth-order valence-corrected chi connectivity index (χ4v) is 3.42. The van der Waals surface area contributed by atoms with Crippen LogP contribution in [0.4, 0.5) is 49.1 Å². The van der Waals surface area contributed by atoms with Gasteiger partial charge in [0.15, 0.2) is 0 Å². The van der Waals surface area contributed by atoms with Crippen molar-refractivity contribution in [3.05, 3.63) is 67.8 Å². The van der Waals surface area contributed by atoms with Crippen molar-refractivity contribution < 1.29 is 36.2 Å². The van der Waals surface area contributed by atoms with Gasteiger partial charge in [-0.3, -0.25) is 20.2 Å². The smallest absolute Gasteiger partial charge is 0.362 e. The van der Waals surface area contributed by atoms with Gasteiger partial charge in [0.2, 0.25) is 0 Å². The number of piperazine rings is 1. The quantitative estimate of drug-likeness (QED) is 0.364. The van der Waals surface area contributed by atoms with Crippen molar-refractivity contribution in [1.29, 1.82) is 0 Å². The van der Waals surface area contributed by atoms with Crippen LogP contribution in [0.2, 0.25) is 0 Å². The van der Waals surface area contributed by atoms with Gasteiger partial charge in [0.05, 0.1) is 21.0 Å². The van der Waals surface area contributed by atoms with Crippen molar-refractivity contribution in [1.82, 2.24) is 0 Å². The molecule has 1 saturated heterocycles. The van der Waals surface area contributed by atoms with E-state index in [0.717, 1.165) is 24.3 Å². The molecule has 172 valence electrons. The molecule has 0 bridgehead atoms. The zero-order valence-electron chi connectivity index (χ0n) is 16.0. The molecule has 2 aromatic rings. The summed E-state index contributed by atoms with van der Waals surface area (Å²) >= 11 is 0. The van der Waals surface area contributed by atoms with Crippen molar-refractivity contribution in [2.24, 2.45) is 0 Å². The Kier molecular flexibility index (Phi) is 5.89. The molecule has 0 radical (unpaired) electrons. The Balaban J connectivity index is 1.84. The van der Waals surface area contributed by atoms with Crippen LogP contribution >= 0.6 is 0 Å². The second-order valence-corrected chi connectivity index (χ2v) is 6.89. The molecule has 0 unspecified atom stereocenters. The first-order valence-electron chi connectivity index (χ1n) is 9.00. The van der Waals surface area contributed by atoms with E-state index in [-0.39, 0.29) is 37.6 Å². The molecule has 2 aromatic carbocycles. The van der Waals surface area contributed by atoms with Gasteiger partial charge in [-0.25, -0.2) is 0 Å². The van der Waals surface area contributed by atoms with E-state index in [2.05, 4.69) is 0 Å². The van der Waals surface area contributed by atoms with E-state index in [1.165, 1.54) is 9.80 Å². The molecule has 3 rings (SSSR count). The lowest BCUT2D eigenvalue weighted by atomic mass is 10.1. The number of rotatable bonds is 4. The van der Waals surface area contributed by atoms with Crippen molar-refractivity contribution in [3.8, 4) is 0 Å². The van der Waals surface area contributed by atoms with Crippen LogP contribution in [0, 0.1) is 20.2 Å². The number of nitro benzene ring substituents is 2. The maximum Gasteiger partial charge on any atom is 0.416 e. The van der Waals surface area contributed by atoms with Gasteiger partial charge >= 0.3 is 12.4 Å². The van der Waals surface area contributed by atoms with Crippen LogP contribution in [0.5, 0.6) is 0 Å². The highest BCUT2D eigenvalue weighted by atomic mass is 19.4. The van der Waals surface area contributed by atoms with Gasteiger partial charge in [-0.2, -0.15) is 26.3 Å². The number of hydrogen-bond donors (Lipinski definition) is 0. The molecule has 0 atom stereocenters. The average molecular weight is 464 g/mol. The Morgan fingerprint density at radius 1 is 0.656 bits per heavy atom. The monoisotopic (exact) mass is 464 g/mol. The molecule has 0 saturated carbocycles. The lowest BCUT2D eigenvalue weighted by Crippen LogP contribution is -2.47. The minimum atomic E-state index is -4.76. The molecule has 0 aromatic heterocycles. The number of nitrogens with zero attached hydrogens (tertiary/aromatic N) is 4. The van der Waals surface area contributed by atoms with Crippen LogP contribution in [-0.2, 0) is 12.4 Å². The Morgan fingerprint density at radius 2 is 0.969 bits per heavy atom. The number of hydrogen-bond acceptors (Lipinski definition) is 6. The molecule has 1 aliphatic heterocycles. The lowest BCUT2D eigenvalue weighted by molar-refractivity contribution is -0.384. The molecule has 32 heavy (non-hydrogen) atoms. The highest BCUT2D eigenvalue weighted by Gasteiger charge is 2.36. The Bertz CT molecular complexity index is 965. The molecule has 1 fully saturated rings. The number of benzene rings is 2. The third kappa shape index (κ3) is 4.68. The summed E-state index contributed by atoms with van der Waals surface area (Å²) in [5, 5.41) is 22.6. The normalized spacial score (nSPS) is 15.1. The minimum Gasteiger partial charge on any atom is -0.362 e. The topological polar surface area (TPSA) is 92.8 Å². The molecule has 8 nitrogen and oxygen atoms in total. The second-order valence-electron chi connectivity index (χ2n) is 6.89. The van der Waals surface area contributed by atoms with Crippen LogP contribution in [-0.4, -0.2) is 36.0 Å². The highest BCUT2D eigenvalue weighted by Crippen LogP contribution is 2.39. The van der Waals surface area contributed by atoms with Crippen LogP contribution in [0.15, 0.2) is 36.4 Å². The first-order valence-corrected chi connectivity index (χ1v) is 9.00. The van der Waals surface area contributed by atoms with E-state index in [9.17, 15) is 46.6 Å². The molecule has 0 N–H and O–H groups in total. The van der Waals surface area contributed by atoms with E-state index in [1.807, 2.05) is 0 Å². The molecule has 1 heterocycles. The zero-order chi connectivity index (χ0) is 23.8. The van der Waals surface area contributed by atoms with Crippen molar-refractivity contribution in [3.63, 3.8) is 0 Å². The van der Waals surface area contributed by atoms with Crippen molar-refractivity contribution in [2.45, 2.75) is 12.4 Å². The highest BCUT2D eigenvalue weighted by molar-refractivity contribution is 5.68. The van der Waals surface area contributed by atoms with Gasteiger partial charge in [0.1, 0.15) is 11.4 Å². The predicted octanol–water partition coefficient (Wildman–Crippen LogP) is 4.87. The minimum absolute atomic E-state index is 0.0460. The summed E-state index contributed by atoms with van der Waals surface area (Å²) in [4.78, 5) is 23.6. The first kappa shape index (κ1) is 23.1. The van der Waals surface area contributed by atoms with Gasteiger partial charge in [-0.15, -0.1) is 0 Å². The maximum atomic E-state index is 12.9. The van der Waals surface area contributed by atoms with Gasteiger partial charge < -0.3 is 9.80 Å². The molecule has 0 aliphatic carbocycles. The van der Waals surface area contributed by atoms with E-state index in [4.69, 9.17) is 0 Å². The van der Waals surface area contributed by atoms with Crippen LogP contribution in [0.25, 0.3) is 0 Å². The van der Waals surface area contributed by atoms with Crippen molar-refractivity contribution >= 4 is 22.7 Å². The summed E-state index contributed by atoms with van der Waals surface area (Å²) in [5.41, 5.74) is -3.93. The molecule has 14 heteroatoms. The lowest BCUT2D eigenvalue weighted by Gasteiger charge is -2.37. The SMILES string of the molecule is O=[N+]([O-])c1cc(C(F)(F)F)ccc1N1CCN(c2ccc(C(F)(F)F)cc2[N+](=O)[O-])CC1. The number of alkyl halides is 6. The summed E-state index contributed by atoms with van der Waals surface area (Å²) < 4.78 is 77.3. The van der Waals surface area contributed by atoms with E-state index in [0.29, 0.717) is 12.1 Å². The largest absolute Gasteiger partial charge is 0.416 e. The standard InChI is InChI=1S/C18H14F6N4O4/c19-17(20,21)11-1-3-13(15(9-11)27(29)30)25-5-7-26(8-6-25)14-4-2-12(18(22,23)24)10-16(14)28(31)32/h1-4,9-10H,5-8H2. The molecular weight excluding hydrogens is 450 g/mol. The Labute approximate surface area is 175 Å². The summed E-state index contributed by atoms with van der Waals surface area (Å²) in [6.45, 7) is 0.184. The maximum absolute atomic E-state index is 12.9. The molecule has 1 aliphatic rings. The van der Waals surface area contributed by atoms with Crippen LogP contribution in [0.3, 0.4) is 0 Å². The number of nitro groups is 2. The predicted molar refractivity (Wildman–Crippen MR) is 101 cm³/mol. The summed E-state index contributed by atoms with van der Waals surface area (Å²) in [7, 11) is 0. The third-order valence-corrected chi connectivity index (χ3v) is 4.96. The van der Waals surface area contributed by atoms with Gasteiger partial charge in [0, 0.05) is 38.3 Å². The van der Waals surface area contributed by atoms with Crippen LogP contribution in [0.1, 0.15) is 11.1 Å². The molecule has 0 amide bonds. The van der Waals surface area contributed by atoms with E-state index in [1.54, 1.807) is 0 Å². The fourth-order valence-electron chi connectivity index (χ4n) is 3.42.